The number of nitrogens with zero attached hydrogens (tertiary/aromatic N) is 1. The molecule has 1 amide bonds. The zero-order valence-electron chi connectivity index (χ0n) is 17.9. The lowest BCUT2D eigenvalue weighted by molar-refractivity contribution is 0.102. The van der Waals surface area contributed by atoms with Gasteiger partial charge in [-0.25, -0.2) is 0 Å². The third-order valence-electron chi connectivity index (χ3n) is 5.02. The largest absolute Gasteiger partial charge is 0.355 e. The third kappa shape index (κ3) is 5.66. The number of nitrogens with one attached hydrogen (secondary N) is 1. The van der Waals surface area contributed by atoms with Crippen molar-refractivity contribution in [2.24, 2.45) is 0 Å². The van der Waals surface area contributed by atoms with Crippen LogP contribution in [0.25, 0.3) is 0 Å². The van der Waals surface area contributed by atoms with E-state index in [0.29, 0.717) is 18.7 Å². The van der Waals surface area contributed by atoms with E-state index in [0.717, 1.165) is 21.8 Å². The summed E-state index contributed by atoms with van der Waals surface area (Å²) >= 11 is 1.63. The average Bonchev–Trinajstić information content (AvgIpc) is 3.34. The Morgan fingerprint density at radius 3 is 2.41 bits per heavy atom. The van der Waals surface area contributed by atoms with Crippen LogP contribution in [-0.2, 0) is 6.54 Å². The fourth-order valence-corrected chi connectivity index (χ4v) is 3.97. The average molecular weight is 437 g/mol. The van der Waals surface area contributed by atoms with Gasteiger partial charge in [-0.15, -0.1) is 11.3 Å². The maximum atomic E-state index is 13.2. The summed E-state index contributed by atoms with van der Waals surface area (Å²) in [4.78, 5) is 16.4. The molecule has 0 aliphatic heterocycles. The molecule has 0 unspecified atom stereocenters. The summed E-state index contributed by atoms with van der Waals surface area (Å²) in [5.41, 5.74) is 4.59. The zero-order valence-corrected chi connectivity index (χ0v) is 18.7. The third-order valence-corrected chi connectivity index (χ3v) is 5.80. The number of carbonyl (C=O) groups is 1. The van der Waals surface area contributed by atoms with Gasteiger partial charge in [-0.05, 0) is 48.2 Å². The van der Waals surface area contributed by atoms with Crippen molar-refractivity contribution in [3.05, 3.63) is 118 Å². The van der Waals surface area contributed by atoms with Gasteiger partial charge in [0.25, 0.3) is 5.91 Å². The summed E-state index contributed by atoms with van der Waals surface area (Å²) < 4.78 is 0. The minimum Gasteiger partial charge on any atom is -0.355 e. The van der Waals surface area contributed by atoms with Crippen LogP contribution in [0.5, 0.6) is 0 Å². The molecule has 0 fully saturated rings. The maximum absolute atomic E-state index is 13.2. The van der Waals surface area contributed by atoms with Gasteiger partial charge in [0, 0.05) is 12.2 Å². The second kappa shape index (κ2) is 10.5. The molecule has 4 heteroatoms. The van der Waals surface area contributed by atoms with Gasteiger partial charge < -0.3 is 10.2 Å². The number of hydrogen-bond donors (Lipinski definition) is 1. The van der Waals surface area contributed by atoms with Gasteiger partial charge in [0.15, 0.2) is 0 Å². The highest BCUT2D eigenvalue weighted by atomic mass is 32.1. The van der Waals surface area contributed by atoms with Gasteiger partial charge in [-0.3, -0.25) is 4.79 Å². The minimum atomic E-state index is -0.131. The highest BCUT2D eigenvalue weighted by Crippen LogP contribution is 2.24. The van der Waals surface area contributed by atoms with Crippen LogP contribution in [0.1, 0.15) is 26.4 Å². The van der Waals surface area contributed by atoms with Crippen molar-refractivity contribution in [3.8, 4) is 11.8 Å². The second-order valence-corrected chi connectivity index (χ2v) is 8.41. The van der Waals surface area contributed by atoms with E-state index in [1.54, 1.807) is 11.3 Å². The highest BCUT2D eigenvalue weighted by Gasteiger charge is 2.16. The van der Waals surface area contributed by atoms with Crippen molar-refractivity contribution in [1.82, 2.24) is 0 Å². The first-order valence-electron chi connectivity index (χ1n) is 10.5. The first-order chi connectivity index (χ1) is 15.7. The van der Waals surface area contributed by atoms with E-state index in [4.69, 9.17) is 0 Å². The summed E-state index contributed by atoms with van der Waals surface area (Å²) in [7, 11) is 0. The van der Waals surface area contributed by atoms with Gasteiger partial charge in [0.2, 0.25) is 0 Å². The molecule has 1 aromatic heterocycles. The summed E-state index contributed by atoms with van der Waals surface area (Å²) in [6.45, 7) is 3.20. The van der Waals surface area contributed by atoms with E-state index < -0.39 is 0 Å². The summed E-state index contributed by atoms with van der Waals surface area (Å²) in [5.74, 6) is 6.38. The number of carbonyl (C=O) groups excluding carboxylic acids is 1. The Labute approximate surface area is 193 Å². The Bertz CT molecular complexity index is 1220. The van der Waals surface area contributed by atoms with E-state index in [1.165, 1.54) is 5.56 Å². The van der Waals surface area contributed by atoms with Gasteiger partial charge in [-0.1, -0.05) is 78.1 Å². The van der Waals surface area contributed by atoms with Crippen molar-refractivity contribution in [1.29, 1.82) is 0 Å². The predicted octanol–water partition coefficient (Wildman–Crippen LogP) is 6.37. The van der Waals surface area contributed by atoms with Crippen LogP contribution < -0.4 is 10.2 Å². The molecule has 3 nitrogen and oxygen atoms in total. The maximum Gasteiger partial charge on any atom is 0.257 e. The Morgan fingerprint density at radius 2 is 1.66 bits per heavy atom. The zero-order chi connectivity index (χ0) is 22.2. The van der Waals surface area contributed by atoms with Crippen molar-refractivity contribution in [3.63, 3.8) is 0 Å². The first-order valence-corrected chi connectivity index (χ1v) is 11.4. The van der Waals surface area contributed by atoms with Crippen LogP contribution in [0, 0.1) is 18.8 Å². The van der Waals surface area contributed by atoms with Crippen molar-refractivity contribution >= 4 is 28.6 Å². The van der Waals surface area contributed by atoms with E-state index in [9.17, 15) is 4.79 Å². The summed E-state index contributed by atoms with van der Waals surface area (Å²) in [5, 5.41) is 5.05. The van der Waals surface area contributed by atoms with E-state index in [-0.39, 0.29) is 5.91 Å². The number of hydrogen-bond acceptors (Lipinski definition) is 3. The van der Waals surface area contributed by atoms with Crippen LogP contribution in [0.4, 0.5) is 11.4 Å². The molecule has 4 rings (SSSR count). The van der Waals surface area contributed by atoms with Crippen molar-refractivity contribution < 1.29 is 4.79 Å². The molecule has 0 spiro atoms. The molecule has 3 aromatic carbocycles. The molecule has 1 heterocycles. The lowest BCUT2D eigenvalue weighted by Crippen LogP contribution is -2.26. The smallest absolute Gasteiger partial charge is 0.257 e. The monoisotopic (exact) mass is 436 g/mol. The number of anilines is 2. The summed E-state index contributed by atoms with van der Waals surface area (Å²) in [6, 6.07) is 29.8. The van der Waals surface area contributed by atoms with E-state index >= 15 is 0 Å². The molecule has 0 saturated heterocycles. The predicted molar refractivity (Wildman–Crippen MR) is 134 cm³/mol. The molecule has 0 bridgehead atoms. The van der Waals surface area contributed by atoms with Crippen LogP contribution >= 0.6 is 11.3 Å². The summed E-state index contributed by atoms with van der Waals surface area (Å²) in [6.07, 6.45) is 0. The Balaban J connectivity index is 1.62. The number of aryl methyl sites for hydroxylation is 1. The molecular formula is C28H24N2OS. The van der Waals surface area contributed by atoms with Gasteiger partial charge in [0.05, 0.1) is 22.7 Å². The number of thiophene rings is 1. The van der Waals surface area contributed by atoms with Gasteiger partial charge >= 0.3 is 0 Å². The van der Waals surface area contributed by atoms with Crippen LogP contribution in [0.15, 0.2) is 96.4 Å². The fourth-order valence-electron chi connectivity index (χ4n) is 3.38. The molecule has 4 aromatic rings. The molecular weight excluding hydrogens is 412 g/mol. The number of para-hydroxylation sites is 1. The molecule has 158 valence electrons. The van der Waals surface area contributed by atoms with E-state index in [1.807, 2.05) is 91.2 Å². The molecule has 0 radical (unpaired) electrons. The van der Waals surface area contributed by atoms with Crippen molar-refractivity contribution in [2.45, 2.75) is 13.5 Å². The number of benzene rings is 3. The van der Waals surface area contributed by atoms with Gasteiger partial charge in [0.1, 0.15) is 0 Å². The Hall–Kier alpha value is -3.81. The SMILES string of the molecule is Cc1ccc(NC(=O)c2ccccc2N(CC#Cc2cccs2)Cc2ccccc2)cc1. The molecule has 1 N–H and O–H groups in total. The molecule has 0 aliphatic carbocycles. The Kier molecular flexibility index (Phi) is 7.01. The normalized spacial score (nSPS) is 10.2. The lowest BCUT2D eigenvalue weighted by Gasteiger charge is -2.25. The van der Waals surface area contributed by atoms with E-state index in [2.05, 4.69) is 34.2 Å². The van der Waals surface area contributed by atoms with Crippen molar-refractivity contribution in [2.75, 3.05) is 16.8 Å². The van der Waals surface area contributed by atoms with Gasteiger partial charge in [-0.2, -0.15) is 0 Å². The number of rotatable bonds is 6. The molecule has 0 saturated carbocycles. The fraction of sp³-hybridized carbons (Fsp3) is 0.107. The quantitative estimate of drug-likeness (QED) is 0.356. The van der Waals surface area contributed by atoms with Crippen LogP contribution in [-0.4, -0.2) is 12.5 Å². The molecule has 32 heavy (non-hydrogen) atoms. The number of amides is 1. The topological polar surface area (TPSA) is 32.3 Å². The lowest BCUT2D eigenvalue weighted by atomic mass is 10.1. The van der Waals surface area contributed by atoms with Crippen LogP contribution in [0.3, 0.4) is 0 Å². The molecule has 0 atom stereocenters. The minimum absolute atomic E-state index is 0.131. The standard InChI is InChI=1S/C28H24N2OS/c1-22-15-17-24(18-16-22)29-28(31)26-13-5-6-14-27(26)30(21-23-9-3-2-4-10-23)19-7-11-25-12-8-20-32-25/h2-6,8-10,12-18,20H,19,21H2,1H3,(H,29,31). The second-order valence-electron chi connectivity index (χ2n) is 7.46. The highest BCUT2D eigenvalue weighted by molar-refractivity contribution is 7.10. The first kappa shape index (κ1) is 21.4. The Morgan fingerprint density at radius 1 is 0.906 bits per heavy atom. The molecule has 0 aliphatic rings. The van der Waals surface area contributed by atoms with Crippen LogP contribution in [0.2, 0.25) is 0 Å².